The molecule has 0 fully saturated rings. The van der Waals surface area contributed by atoms with Crippen LogP contribution in [0.15, 0.2) is 36.4 Å². The van der Waals surface area contributed by atoms with Gasteiger partial charge in [-0.1, -0.05) is 42.3 Å². The minimum absolute atomic E-state index is 0.0125. The van der Waals surface area contributed by atoms with Gasteiger partial charge in [-0.3, -0.25) is 9.59 Å². The van der Waals surface area contributed by atoms with Crippen molar-refractivity contribution in [1.82, 2.24) is 10.2 Å². The maximum atomic E-state index is 13.3. The van der Waals surface area contributed by atoms with Gasteiger partial charge in [0.05, 0.1) is 0 Å². The van der Waals surface area contributed by atoms with E-state index in [1.165, 1.54) is 0 Å². The summed E-state index contributed by atoms with van der Waals surface area (Å²) in [6, 6.07) is 10.2. The number of benzene rings is 2. The molecule has 0 unspecified atom stereocenters. The van der Waals surface area contributed by atoms with Crippen LogP contribution in [-0.2, 0) is 22.6 Å². The van der Waals surface area contributed by atoms with Gasteiger partial charge in [0, 0.05) is 34.6 Å². The van der Waals surface area contributed by atoms with Gasteiger partial charge in [0.2, 0.25) is 11.8 Å². The summed E-state index contributed by atoms with van der Waals surface area (Å²) >= 11 is 12.7. The van der Waals surface area contributed by atoms with Crippen LogP contribution in [0.5, 0.6) is 11.5 Å². The number of rotatable bonds is 9. The molecule has 1 aliphatic heterocycles. The average Bonchev–Trinajstić information content (AvgIpc) is 2.81. The van der Waals surface area contributed by atoms with Crippen molar-refractivity contribution in [2.24, 2.45) is 0 Å². The largest absolute Gasteiger partial charge is 0.486 e. The second kappa shape index (κ2) is 11.6. The normalized spacial score (nSPS) is 14.3. The number of carbonyl (C=O) groups is 2. The van der Waals surface area contributed by atoms with Gasteiger partial charge in [0.1, 0.15) is 19.3 Å². The van der Waals surface area contributed by atoms with E-state index in [2.05, 4.69) is 5.32 Å². The number of carbonyl (C=O) groups excluding carboxylic acids is 2. The highest BCUT2D eigenvalue weighted by molar-refractivity contribution is 6.36. The van der Waals surface area contributed by atoms with Gasteiger partial charge in [-0.25, -0.2) is 0 Å². The summed E-state index contributed by atoms with van der Waals surface area (Å²) in [7, 11) is 0. The van der Waals surface area contributed by atoms with E-state index in [4.69, 9.17) is 32.7 Å². The van der Waals surface area contributed by atoms with Crippen molar-refractivity contribution < 1.29 is 19.1 Å². The zero-order chi connectivity index (χ0) is 24.0. The molecule has 0 saturated heterocycles. The van der Waals surface area contributed by atoms with Gasteiger partial charge >= 0.3 is 0 Å². The first-order valence-electron chi connectivity index (χ1n) is 11.2. The third-order valence-electron chi connectivity index (χ3n) is 5.79. The van der Waals surface area contributed by atoms with Crippen molar-refractivity contribution in [3.63, 3.8) is 0 Å². The molecule has 0 saturated carbocycles. The first-order chi connectivity index (χ1) is 15.8. The lowest BCUT2D eigenvalue weighted by molar-refractivity contribution is -0.140. The predicted octanol–water partition coefficient (Wildman–Crippen LogP) is 5.03. The topological polar surface area (TPSA) is 67.9 Å². The Morgan fingerprint density at radius 1 is 1.06 bits per heavy atom. The van der Waals surface area contributed by atoms with E-state index < -0.39 is 6.04 Å². The number of nitrogens with one attached hydrogen (secondary N) is 1. The maximum Gasteiger partial charge on any atom is 0.242 e. The average molecular weight is 493 g/mol. The van der Waals surface area contributed by atoms with E-state index in [1.807, 2.05) is 32.0 Å². The van der Waals surface area contributed by atoms with Crippen LogP contribution in [0.25, 0.3) is 0 Å². The van der Waals surface area contributed by atoms with Crippen LogP contribution in [0.2, 0.25) is 10.0 Å². The van der Waals surface area contributed by atoms with Crippen molar-refractivity contribution in [2.45, 2.75) is 58.7 Å². The number of fused-ring (bicyclic) bond motifs is 1. The van der Waals surface area contributed by atoms with E-state index in [9.17, 15) is 9.59 Å². The lowest BCUT2D eigenvalue weighted by Crippen LogP contribution is -2.49. The van der Waals surface area contributed by atoms with Crippen molar-refractivity contribution in [2.75, 3.05) is 13.2 Å². The molecule has 0 bridgehead atoms. The molecule has 0 aliphatic carbocycles. The summed E-state index contributed by atoms with van der Waals surface area (Å²) in [5, 5.41) is 3.88. The number of hydrogen-bond acceptors (Lipinski definition) is 4. The summed E-state index contributed by atoms with van der Waals surface area (Å²) < 4.78 is 11.2. The molecule has 2 amide bonds. The molecule has 8 heteroatoms. The third-order valence-corrected chi connectivity index (χ3v) is 6.50. The molecule has 1 N–H and O–H groups in total. The monoisotopic (exact) mass is 492 g/mol. The SMILES string of the molecule is CC[C@@H](C)NC(=O)[C@H](C)N(Cc1c(Cl)cccc1Cl)C(=O)CCc1ccc2c(c1)OCCO2. The van der Waals surface area contributed by atoms with E-state index in [-0.39, 0.29) is 30.8 Å². The molecule has 0 spiro atoms. The number of nitrogens with zero attached hydrogens (tertiary/aromatic N) is 1. The lowest BCUT2D eigenvalue weighted by Gasteiger charge is -2.30. The minimum Gasteiger partial charge on any atom is -0.486 e. The second-order valence-electron chi connectivity index (χ2n) is 8.19. The highest BCUT2D eigenvalue weighted by Crippen LogP contribution is 2.31. The standard InChI is InChI=1S/C25H30Cl2N2O4/c1-4-16(2)28-25(31)17(3)29(15-19-20(26)6-5-7-21(19)27)24(30)11-9-18-8-10-22-23(14-18)33-13-12-32-22/h5-8,10,14,16-17H,4,9,11-13,15H2,1-3H3,(H,28,31)/t16-,17+/m1/s1. The molecule has 2 aromatic rings. The molecule has 6 nitrogen and oxygen atoms in total. The van der Waals surface area contributed by atoms with E-state index in [1.54, 1.807) is 30.0 Å². The Kier molecular flexibility index (Phi) is 8.87. The number of aryl methyl sites for hydroxylation is 1. The van der Waals surface area contributed by atoms with E-state index in [0.717, 1.165) is 12.0 Å². The predicted molar refractivity (Wildman–Crippen MR) is 130 cm³/mol. The molecular formula is C25H30Cl2N2O4. The molecule has 1 heterocycles. The van der Waals surface area contributed by atoms with Crippen LogP contribution in [0, 0.1) is 0 Å². The molecule has 2 aromatic carbocycles. The summed E-state index contributed by atoms with van der Waals surface area (Å²) in [6.45, 7) is 6.84. The summed E-state index contributed by atoms with van der Waals surface area (Å²) in [5.74, 6) is 1.03. The highest BCUT2D eigenvalue weighted by atomic mass is 35.5. The number of hydrogen-bond donors (Lipinski definition) is 1. The van der Waals surface area contributed by atoms with Gasteiger partial charge in [-0.2, -0.15) is 0 Å². The molecule has 0 radical (unpaired) electrons. The van der Waals surface area contributed by atoms with Gasteiger partial charge < -0.3 is 19.7 Å². The third kappa shape index (κ3) is 6.55. The molecule has 178 valence electrons. The molecule has 2 atom stereocenters. The van der Waals surface area contributed by atoms with Gasteiger partial charge in [0.25, 0.3) is 0 Å². The summed E-state index contributed by atoms with van der Waals surface area (Å²) in [4.78, 5) is 27.7. The van der Waals surface area contributed by atoms with Crippen molar-refractivity contribution in [3.05, 3.63) is 57.6 Å². The van der Waals surface area contributed by atoms with Crippen LogP contribution < -0.4 is 14.8 Å². The van der Waals surface area contributed by atoms with Crippen LogP contribution >= 0.6 is 23.2 Å². The fraction of sp³-hybridized carbons (Fsp3) is 0.440. The zero-order valence-electron chi connectivity index (χ0n) is 19.2. The van der Waals surface area contributed by atoms with Crippen molar-refractivity contribution >= 4 is 35.0 Å². The van der Waals surface area contributed by atoms with E-state index in [0.29, 0.717) is 46.7 Å². The molecule has 33 heavy (non-hydrogen) atoms. The Bertz CT molecular complexity index is 978. The summed E-state index contributed by atoms with van der Waals surface area (Å²) in [6.07, 6.45) is 1.53. The number of halogens is 2. The maximum absolute atomic E-state index is 13.3. The number of amides is 2. The summed E-state index contributed by atoms with van der Waals surface area (Å²) in [5.41, 5.74) is 1.58. The Morgan fingerprint density at radius 3 is 2.39 bits per heavy atom. The smallest absolute Gasteiger partial charge is 0.242 e. The van der Waals surface area contributed by atoms with Gasteiger partial charge in [-0.05, 0) is 56.5 Å². The molecule has 0 aromatic heterocycles. The van der Waals surface area contributed by atoms with Crippen molar-refractivity contribution in [3.8, 4) is 11.5 Å². The second-order valence-corrected chi connectivity index (χ2v) is 9.01. The number of ether oxygens (including phenoxy) is 2. The molecular weight excluding hydrogens is 463 g/mol. The molecule has 1 aliphatic rings. The van der Waals surface area contributed by atoms with Gasteiger partial charge in [0.15, 0.2) is 11.5 Å². The Morgan fingerprint density at radius 2 is 1.73 bits per heavy atom. The lowest BCUT2D eigenvalue weighted by atomic mass is 10.1. The van der Waals surface area contributed by atoms with Crippen LogP contribution in [-0.4, -0.2) is 42.0 Å². The minimum atomic E-state index is -0.681. The first kappa shape index (κ1) is 25.2. The first-order valence-corrected chi connectivity index (χ1v) is 12.0. The molecule has 3 rings (SSSR count). The van der Waals surface area contributed by atoms with Crippen LogP contribution in [0.1, 0.15) is 44.7 Å². The Labute approximate surface area is 205 Å². The Balaban J connectivity index is 1.77. The Hall–Kier alpha value is -2.44. The highest BCUT2D eigenvalue weighted by Gasteiger charge is 2.28. The van der Waals surface area contributed by atoms with Gasteiger partial charge in [-0.15, -0.1) is 0 Å². The van der Waals surface area contributed by atoms with Crippen LogP contribution in [0.3, 0.4) is 0 Å². The fourth-order valence-corrected chi connectivity index (χ4v) is 4.06. The zero-order valence-corrected chi connectivity index (χ0v) is 20.7. The fourth-order valence-electron chi connectivity index (χ4n) is 3.54. The van der Waals surface area contributed by atoms with Crippen molar-refractivity contribution in [1.29, 1.82) is 0 Å². The van der Waals surface area contributed by atoms with Crippen LogP contribution in [0.4, 0.5) is 0 Å². The quantitative estimate of drug-likeness (QED) is 0.532. The van der Waals surface area contributed by atoms with E-state index >= 15 is 0 Å².